The van der Waals surface area contributed by atoms with Crippen molar-refractivity contribution in [3.63, 3.8) is 0 Å². The molecule has 0 aromatic carbocycles. The van der Waals surface area contributed by atoms with Crippen LogP contribution < -0.4 is 0 Å². The summed E-state index contributed by atoms with van der Waals surface area (Å²) < 4.78 is 0. The molecule has 0 aliphatic heterocycles. The predicted molar refractivity (Wildman–Crippen MR) is 38.2 cm³/mol. The topological polar surface area (TPSA) is 20.2 Å². The highest BCUT2D eigenvalue weighted by Gasteiger charge is 2.20. The first-order valence-corrected chi connectivity index (χ1v) is 3.95. The van der Waals surface area contributed by atoms with E-state index in [1.165, 1.54) is 25.7 Å². The largest absolute Gasteiger partial charge is 0.396 e. The Kier molecular flexibility index (Phi) is 2.52. The van der Waals surface area contributed by atoms with Gasteiger partial charge in [-0.25, -0.2) is 0 Å². The third-order valence-corrected chi connectivity index (χ3v) is 2.49. The van der Waals surface area contributed by atoms with Crippen LogP contribution in [0.5, 0.6) is 0 Å². The molecule has 1 fully saturated rings. The molecule has 0 amide bonds. The smallest absolute Gasteiger partial charge is 0.0459 e. The van der Waals surface area contributed by atoms with Gasteiger partial charge in [-0.1, -0.05) is 32.6 Å². The predicted octanol–water partition coefficient (Wildman–Crippen LogP) is 1.80. The fourth-order valence-electron chi connectivity index (χ4n) is 1.68. The monoisotopic (exact) mass is 128 g/mol. The summed E-state index contributed by atoms with van der Waals surface area (Å²) >= 11 is 0. The Morgan fingerprint density at radius 2 is 2.00 bits per heavy atom. The fraction of sp³-hybridized carbons (Fsp3) is 1.00. The summed E-state index contributed by atoms with van der Waals surface area (Å²) in [6.45, 7) is 2.53. The van der Waals surface area contributed by atoms with Gasteiger partial charge < -0.3 is 5.11 Å². The van der Waals surface area contributed by atoms with Gasteiger partial charge in [0.1, 0.15) is 0 Å². The molecule has 54 valence electrons. The van der Waals surface area contributed by atoms with Gasteiger partial charge in [-0.3, -0.25) is 0 Å². The molecule has 0 aromatic rings. The van der Waals surface area contributed by atoms with Crippen LogP contribution in [0, 0.1) is 11.8 Å². The third kappa shape index (κ3) is 1.68. The second kappa shape index (κ2) is 3.21. The van der Waals surface area contributed by atoms with Gasteiger partial charge in [0.15, 0.2) is 0 Å². The molecule has 1 aliphatic rings. The van der Waals surface area contributed by atoms with E-state index in [0.717, 1.165) is 5.92 Å². The van der Waals surface area contributed by atoms with Crippen molar-refractivity contribution in [1.29, 1.82) is 0 Å². The van der Waals surface area contributed by atoms with Crippen molar-refractivity contribution < 1.29 is 5.11 Å². The highest BCUT2D eigenvalue weighted by atomic mass is 16.3. The zero-order chi connectivity index (χ0) is 6.69. The number of aliphatic hydroxyl groups excluding tert-OH is 1. The quantitative estimate of drug-likeness (QED) is 0.601. The summed E-state index contributed by atoms with van der Waals surface area (Å²) in [5.74, 6) is 1.38. The van der Waals surface area contributed by atoms with Gasteiger partial charge in [-0.05, 0) is 11.8 Å². The normalized spacial score (nSPS) is 24.7. The molecule has 0 bridgehead atoms. The first kappa shape index (κ1) is 7.07. The molecule has 1 atom stereocenters. The summed E-state index contributed by atoms with van der Waals surface area (Å²) in [5.41, 5.74) is 0. The highest BCUT2D eigenvalue weighted by Crippen LogP contribution is 2.30. The Labute approximate surface area is 57.1 Å². The maximum Gasteiger partial charge on any atom is 0.0459 e. The lowest BCUT2D eigenvalue weighted by Gasteiger charge is -2.14. The molecule has 0 spiro atoms. The highest BCUT2D eigenvalue weighted by molar-refractivity contribution is 4.71. The summed E-state index contributed by atoms with van der Waals surface area (Å²) in [6, 6.07) is 0. The maximum atomic E-state index is 8.80. The van der Waals surface area contributed by atoms with Crippen LogP contribution in [-0.4, -0.2) is 11.7 Å². The van der Waals surface area contributed by atoms with Crippen molar-refractivity contribution in [1.82, 2.24) is 0 Å². The van der Waals surface area contributed by atoms with Crippen molar-refractivity contribution in [2.24, 2.45) is 11.8 Å². The van der Waals surface area contributed by atoms with Crippen LogP contribution in [0.4, 0.5) is 0 Å². The maximum absolute atomic E-state index is 8.80. The van der Waals surface area contributed by atoms with Crippen molar-refractivity contribution in [3.8, 4) is 0 Å². The van der Waals surface area contributed by atoms with Crippen LogP contribution in [0.25, 0.3) is 0 Å². The van der Waals surface area contributed by atoms with Crippen LogP contribution >= 0.6 is 0 Å². The van der Waals surface area contributed by atoms with E-state index in [4.69, 9.17) is 5.11 Å². The molecular formula is C8H16O. The summed E-state index contributed by atoms with van der Waals surface area (Å²) in [4.78, 5) is 0. The molecule has 1 aliphatic carbocycles. The van der Waals surface area contributed by atoms with Crippen molar-refractivity contribution in [3.05, 3.63) is 0 Å². The Morgan fingerprint density at radius 1 is 1.44 bits per heavy atom. The van der Waals surface area contributed by atoms with Gasteiger partial charge >= 0.3 is 0 Å². The van der Waals surface area contributed by atoms with Crippen LogP contribution in [0.15, 0.2) is 0 Å². The van der Waals surface area contributed by atoms with Gasteiger partial charge in [0.25, 0.3) is 0 Å². The lowest BCUT2D eigenvalue weighted by atomic mass is 9.94. The second-order valence-corrected chi connectivity index (χ2v) is 3.20. The molecule has 1 rings (SSSR count). The van der Waals surface area contributed by atoms with E-state index < -0.39 is 0 Å². The fourth-order valence-corrected chi connectivity index (χ4v) is 1.68. The summed E-state index contributed by atoms with van der Waals surface area (Å²) in [5, 5.41) is 8.80. The molecule has 1 saturated carbocycles. The average molecular weight is 128 g/mol. The first-order valence-electron chi connectivity index (χ1n) is 3.95. The van der Waals surface area contributed by atoms with Gasteiger partial charge in [0, 0.05) is 6.61 Å². The van der Waals surface area contributed by atoms with Crippen molar-refractivity contribution in [2.75, 3.05) is 6.61 Å². The zero-order valence-electron chi connectivity index (χ0n) is 6.14. The minimum Gasteiger partial charge on any atom is -0.396 e. The Morgan fingerprint density at radius 3 is 2.44 bits per heavy atom. The lowest BCUT2D eigenvalue weighted by molar-refractivity contribution is 0.190. The SMILES string of the molecule is CC(CO)C1CCCC1. The van der Waals surface area contributed by atoms with Crippen molar-refractivity contribution >= 4 is 0 Å². The minimum atomic E-state index is 0.380. The first-order chi connectivity index (χ1) is 4.34. The number of rotatable bonds is 2. The van der Waals surface area contributed by atoms with Crippen molar-refractivity contribution in [2.45, 2.75) is 32.6 Å². The molecule has 9 heavy (non-hydrogen) atoms. The molecule has 0 heterocycles. The second-order valence-electron chi connectivity index (χ2n) is 3.20. The van der Waals surface area contributed by atoms with Gasteiger partial charge in [-0.15, -0.1) is 0 Å². The Bertz CT molecular complexity index is 74.6. The van der Waals surface area contributed by atoms with E-state index in [9.17, 15) is 0 Å². The van der Waals surface area contributed by atoms with Gasteiger partial charge in [0.2, 0.25) is 0 Å². The molecule has 0 aromatic heterocycles. The van der Waals surface area contributed by atoms with Crippen LogP contribution in [0.3, 0.4) is 0 Å². The minimum absolute atomic E-state index is 0.380. The van der Waals surface area contributed by atoms with Gasteiger partial charge in [-0.2, -0.15) is 0 Å². The Hall–Kier alpha value is -0.0400. The van der Waals surface area contributed by atoms with Crippen LogP contribution in [0.1, 0.15) is 32.6 Å². The zero-order valence-corrected chi connectivity index (χ0v) is 6.14. The number of hydrogen-bond acceptors (Lipinski definition) is 1. The number of aliphatic hydroxyl groups is 1. The molecule has 1 N–H and O–H groups in total. The van der Waals surface area contributed by atoms with Crippen LogP contribution in [0.2, 0.25) is 0 Å². The summed E-state index contributed by atoms with van der Waals surface area (Å²) in [6.07, 6.45) is 5.47. The lowest BCUT2D eigenvalue weighted by Crippen LogP contribution is -2.11. The molecule has 0 saturated heterocycles. The van der Waals surface area contributed by atoms with E-state index in [1.54, 1.807) is 0 Å². The Balaban J connectivity index is 2.24. The molecule has 1 heteroatoms. The van der Waals surface area contributed by atoms with E-state index in [2.05, 4.69) is 6.92 Å². The standard InChI is InChI=1S/C8H16O/c1-7(6-9)8-4-2-3-5-8/h7-9H,2-6H2,1H3. The molecule has 1 unspecified atom stereocenters. The van der Waals surface area contributed by atoms with E-state index in [-0.39, 0.29) is 0 Å². The van der Waals surface area contributed by atoms with E-state index >= 15 is 0 Å². The molecule has 1 nitrogen and oxygen atoms in total. The molecular weight excluding hydrogens is 112 g/mol. The van der Waals surface area contributed by atoms with E-state index in [0.29, 0.717) is 12.5 Å². The van der Waals surface area contributed by atoms with Crippen LogP contribution in [-0.2, 0) is 0 Å². The average Bonchev–Trinajstić information content (AvgIpc) is 2.37. The van der Waals surface area contributed by atoms with Gasteiger partial charge in [0.05, 0.1) is 0 Å². The third-order valence-electron chi connectivity index (χ3n) is 2.49. The molecule has 0 radical (unpaired) electrons. The summed E-state index contributed by atoms with van der Waals surface area (Å²) in [7, 11) is 0. The van der Waals surface area contributed by atoms with E-state index in [1.807, 2.05) is 0 Å². The number of hydrogen-bond donors (Lipinski definition) is 1.